The van der Waals surface area contributed by atoms with Crippen molar-refractivity contribution >= 4 is 11.3 Å². The Hall–Kier alpha value is -0.450. The first kappa shape index (κ1) is 11.6. The Morgan fingerprint density at radius 2 is 2.50 bits per heavy atom. The fourth-order valence-electron chi connectivity index (χ4n) is 1.34. The summed E-state index contributed by atoms with van der Waals surface area (Å²) in [4.78, 5) is 4.22. The Kier molecular flexibility index (Phi) is 5.75. The summed E-state index contributed by atoms with van der Waals surface area (Å²) in [5, 5.41) is 5.44. The molecule has 3 N–H and O–H groups in total. The van der Waals surface area contributed by atoms with Gasteiger partial charge in [-0.25, -0.2) is 4.98 Å². The molecule has 1 aromatic heterocycles. The maximum atomic E-state index is 5.87. The van der Waals surface area contributed by atoms with Crippen molar-refractivity contribution in [3.63, 3.8) is 0 Å². The molecule has 4 heteroatoms. The highest BCUT2D eigenvalue weighted by Crippen LogP contribution is 2.00. The molecule has 80 valence electrons. The number of rotatable bonds is 7. The second-order valence-electron chi connectivity index (χ2n) is 3.48. The Balaban J connectivity index is 1.99. The summed E-state index contributed by atoms with van der Waals surface area (Å²) >= 11 is 1.65. The van der Waals surface area contributed by atoms with Gasteiger partial charge in [0, 0.05) is 30.9 Å². The highest BCUT2D eigenvalue weighted by molar-refractivity contribution is 7.07. The van der Waals surface area contributed by atoms with Crippen LogP contribution >= 0.6 is 11.3 Å². The van der Waals surface area contributed by atoms with E-state index in [9.17, 15) is 0 Å². The lowest BCUT2D eigenvalue weighted by molar-refractivity contribution is 0.539. The highest BCUT2D eigenvalue weighted by atomic mass is 32.1. The molecule has 0 aliphatic heterocycles. The molecule has 0 spiro atoms. The molecular formula is C10H19N3S. The maximum Gasteiger partial charge on any atom is 0.0794 e. The van der Waals surface area contributed by atoms with E-state index in [1.165, 1.54) is 5.69 Å². The van der Waals surface area contributed by atoms with Crippen LogP contribution in [0.15, 0.2) is 10.9 Å². The van der Waals surface area contributed by atoms with Crippen molar-refractivity contribution in [2.45, 2.75) is 32.2 Å². The third kappa shape index (κ3) is 4.69. The van der Waals surface area contributed by atoms with E-state index in [1.807, 2.05) is 5.51 Å². The van der Waals surface area contributed by atoms with E-state index in [2.05, 4.69) is 22.6 Å². The van der Waals surface area contributed by atoms with Gasteiger partial charge in [-0.3, -0.25) is 0 Å². The lowest BCUT2D eigenvalue weighted by Crippen LogP contribution is -2.34. The molecule has 3 nitrogen and oxygen atoms in total. The third-order valence-electron chi connectivity index (χ3n) is 2.11. The van der Waals surface area contributed by atoms with Gasteiger partial charge in [-0.1, -0.05) is 13.3 Å². The van der Waals surface area contributed by atoms with Crippen LogP contribution in [0.2, 0.25) is 0 Å². The van der Waals surface area contributed by atoms with E-state index in [-0.39, 0.29) is 0 Å². The van der Waals surface area contributed by atoms with Crippen LogP contribution in [-0.2, 0) is 6.42 Å². The Bertz CT molecular complexity index is 223. The van der Waals surface area contributed by atoms with Gasteiger partial charge < -0.3 is 11.1 Å². The molecule has 0 aliphatic carbocycles. The standard InChI is InChI=1S/C10H19N3S/c1-2-3-9(11)6-12-5-4-10-7-14-8-13-10/h7-9,12H,2-6,11H2,1H3. The SMILES string of the molecule is CCCC(N)CNCCc1cscn1. The van der Waals surface area contributed by atoms with Crippen LogP contribution in [0.25, 0.3) is 0 Å². The monoisotopic (exact) mass is 213 g/mol. The van der Waals surface area contributed by atoms with Gasteiger partial charge in [0.2, 0.25) is 0 Å². The minimum atomic E-state index is 0.301. The van der Waals surface area contributed by atoms with Gasteiger partial charge in [-0.2, -0.15) is 0 Å². The zero-order valence-corrected chi connectivity index (χ0v) is 9.52. The molecule has 0 bridgehead atoms. The normalized spacial score (nSPS) is 13.0. The van der Waals surface area contributed by atoms with E-state index in [0.717, 1.165) is 32.4 Å². The van der Waals surface area contributed by atoms with Gasteiger partial charge in [-0.05, 0) is 6.42 Å². The minimum absolute atomic E-state index is 0.301. The van der Waals surface area contributed by atoms with Crippen molar-refractivity contribution in [3.8, 4) is 0 Å². The molecule has 0 radical (unpaired) electrons. The molecule has 0 aromatic carbocycles. The molecule has 1 unspecified atom stereocenters. The fourth-order valence-corrected chi connectivity index (χ4v) is 1.93. The summed E-state index contributed by atoms with van der Waals surface area (Å²) in [6.07, 6.45) is 3.26. The first-order valence-electron chi connectivity index (χ1n) is 5.16. The van der Waals surface area contributed by atoms with E-state index < -0.39 is 0 Å². The van der Waals surface area contributed by atoms with Crippen LogP contribution in [-0.4, -0.2) is 24.1 Å². The van der Waals surface area contributed by atoms with E-state index in [4.69, 9.17) is 5.73 Å². The summed E-state index contributed by atoms with van der Waals surface area (Å²) in [6, 6.07) is 0.301. The Morgan fingerprint density at radius 3 is 3.14 bits per heavy atom. The minimum Gasteiger partial charge on any atom is -0.327 e. The molecule has 1 heterocycles. The summed E-state index contributed by atoms with van der Waals surface area (Å²) in [5.41, 5.74) is 8.91. The van der Waals surface area contributed by atoms with Crippen LogP contribution < -0.4 is 11.1 Å². The largest absolute Gasteiger partial charge is 0.327 e. The number of hydrogen-bond donors (Lipinski definition) is 2. The van der Waals surface area contributed by atoms with Crippen LogP contribution in [0.1, 0.15) is 25.5 Å². The first-order valence-corrected chi connectivity index (χ1v) is 6.10. The number of nitrogens with two attached hydrogens (primary N) is 1. The third-order valence-corrected chi connectivity index (χ3v) is 2.74. The number of hydrogen-bond acceptors (Lipinski definition) is 4. The molecule has 0 aliphatic rings. The van der Waals surface area contributed by atoms with Crippen LogP contribution in [0.3, 0.4) is 0 Å². The Morgan fingerprint density at radius 1 is 1.64 bits per heavy atom. The molecule has 0 saturated heterocycles. The van der Waals surface area contributed by atoms with Gasteiger partial charge in [0.05, 0.1) is 11.2 Å². The number of aromatic nitrogens is 1. The molecular weight excluding hydrogens is 194 g/mol. The van der Waals surface area contributed by atoms with Gasteiger partial charge in [0.15, 0.2) is 0 Å². The van der Waals surface area contributed by atoms with Crippen molar-refractivity contribution in [1.29, 1.82) is 0 Å². The van der Waals surface area contributed by atoms with Crippen LogP contribution in [0, 0.1) is 0 Å². The number of nitrogens with one attached hydrogen (secondary N) is 1. The molecule has 0 saturated carbocycles. The van der Waals surface area contributed by atoms with Crippen molar-refractivity contribution in [1.82, 2.24) is 10.3 Å². The Labute approximate surface area is 89.7 Å². The topological polar surface area (TPSA) is 50.9 Å². The fraction of sp³-hybridized carbons (Fsp3) is 0.700. The zero-order chi connectivity index (χ0) is 10.2. The van der Waals surface area contributed by atoms with Gasteiger partial charge >= 0.3 is 0 Å². The summed E-state index contributed by atoms with van der Waals surface area (Å²) in [6.45, 7) is 4.05. The summed E-state index contributed by atoms with van der Waals surface area (Å²) in [5.74, 6) is 0. The predicted octanol–water partition coefficient (Wildman–Crippen LogP) is 1.40. The highest BCUT2D eigenvalue weighted by Gasteiger charge is 2.00. The van der Waals surface area contributed by atoms with Crippen molar-refractivity contribution in [2.24, 2.45) is 5.73 Å². The average Bonchev–Trinajstić information content (AvgIpc) is 2.65. The second kappa shape index (κ2) is 6.92. The zero-order valence-electron chi connectivity index (χ0n) is 8.70. The van der Waals surface area contributed by atoms with Crippen LogP contribution in [0.5, 0.6) is 0 Å². The van der Waals surface area contributed by atoms with E-state index >= 15 is 0 Å². The second-order valence-corrected chi connectivity index (χ2v) is 4.20. The van der Waals surface area contributed by atoms with Gasteiger partial charge in [0.25, 0.3) is 0 Å². The smallest absolute Gasteiger partial charge is 0.0794 e. The van der Waals surface area contributed by atoms with Crippen molar-refractivity contribution < 1.29 is 0 Å². The van der Waals surface area contributed by atoms with E-state index in [0.29, 0.717) is 6.04 Å². The molecule has 1 atom stereocenters. The summed E-state index contributed by atoms with van der Waals surface area (Å²) < 4.78 is 0. The first-order chi connectivity index (χ1) is 6.83. The number of thiazole rings is 1. The van der Waals surface area contributed by atoms with Gasteiger partial charge in [0.1, 0.15) is 0 Å². The molecule has 14 heavy (non-hydrogen) atoms. The number of nitrogens with zero attached hydrogens (tertiary/aromatic N) is 1. The average molecular weight is 213 g/mol. The molecule has 1 aromatic rings. The molecule has 0 amide bonds. The van der Waals surface area contributed by atoms with Gasteiger partial charge in [-0.15, -0.1) is 11.3 Å². The summed E-state index contributed by atoms with van der Waals surface area (Å²) in [7, 11) is 0. The quantitative estimate of drug-likeness (QED) is 0.673. The lowest BCUT2D eigenvalue weighted by Gasteiger charge is -2.10. The van der Waals surface area contributed by atoms with Crippen LogP contribution in [0.4, 0.5) is 0 Å². The van der Waals surface area contributed by atoms with Crippen molar-refractivity contribution in [3.05, 3.63) is 16.6 Å². The maximum absolute atomic E-state index is 5.87. The lowest BCUT2D eigenvalue weighted by atomic mass is 10.2. The molecule has 0 fully saturated rings. The molecule has 1 rings (SSSR count). The van der Waals surface area contributed by atoms with E-state index in [1.54, 1.807) is 11.3 Å². The van der Waals surface area contributed by atoms with Crippen molar-refractivity contribution in [2.75, 3.05) is 13.1 Å². The predicted molar refractivity (Wildman–Crippen MR) is 61.6 cm³/mol.